The molecule has 114 valence electrons. The van der Waals surface area contributed by atoms with Crippen molar-refractivity contribution in [3.63, 3.8) is 0 Å². The van der Waals surface area contributed by atoms with Crippen LogP contribution in [0.15, 0.2) is 47.4 Å². The molecular formula is C20H18N2O. The number of nitrogens with zero attached hydrogens (tertiary/aromatic N) is 2. The summed E-state index contributed by atoms with van der Waals surface area (Å²) < 4.78 is 1.67. The minimum Gasteiger partial charge on any atom is -0.269 e. The number of benzene rings is 1. The molecule has 0 amide bonds. The first kappa shape index (κ1) is 13.9. The van der Waals surface area contributed by atoms with E-state index in [1.807, 2.05) is 37.4 Å². The van der Waals surface area contributed by atoms with E-state index in [1.54, 1.807) is 4.40 Å². The Balaban J connectivity index is 1.93. The van der Waals surface area contributed by atoms with Crippen LogP contribution in [0, 0.1) is 13.8 Å². The molecule has 0 saturated heterocycles. The van der Waals surface area contributed by atoms with Gasteiger partial charge in [-0.25, -0.2) is 4.98 Å². The molecule has 3 aromatic rings. The zero-order valence-corrected chi connectivity index (χ0v) is 13.3. The largest absolute Gasteiger partial charge is 0.269 e. The third kappa shape index (κ3) is 2.29. The van der Waals surface area contributed by atoms with Crippen molar-refractivity contribution in [2.45, 2.75) is 26.7 Å². The summed E-state index contributed by atoms with van der Waals surface area (Å²) in [7, 11) is 0. The second kappa shape index (κ2) is 5.20. The van der Waals surface area contributed by atoms with Crippen LogP contribution >= 0.6 is 0 Å². The van der Waals surface area contributed by atoms with E-state index in [0.717, 1.165) is 40.9 Å². The molecule has 1 aromatic carbocycles. The van der Waals surface area contributed by atoms with E-state index in [4.69, 9.17) is 4.98 Å². The molecular weight excluding hydrogens is 284 g/mol. The van der Waals surface area contributed by atoms with Crippen molar-refractivity contribution < 1.29 is 0 Å². The van der Waals surface area contributed by atoms with Gasteiger partial charge >= 0.3 is 0 Å². The first-order valence-electron chi connectivity index (χ1n) is 7.92. The normalized spacial score (nSPS) is 15.3. The summed E-state index contributed by atoms with van der Waals surface area (Å²) in [6, 6.07) is 12.2. The van der Waals surface area contributed by atoms with Crippen LogP contribution < -0.4 is 5.56 Å². The third-order valence-corrected chi connectivity index (χ3v) is 4.53. The van der Waals surface area contributed by atoms with Crippen LogP contribution in [0.1, 0.15) is 34.4 Å². The summed E-state index contributed by atoms with van der Waals surface area (Å²) in [5.41, 5.74) is 7.17. The predicted molar refractivity (Wildman–Crippen MR) is 93.6 cm³/mol. The summed E-state index contributed by atoms with van der Waals surface area (Å²) in [6.45, 7) is 4.09. The second-order valence-corrected chi connectivity index (χ2v) is 6.20. The van der Waals surface area contributed by atoms with Crippen LogP contribution in [0.25, 0.3) is 17.3 Å². The zero-order valence-electron chi connectivity index (χ0n) is 13.3. The molecule has 1 aliphatic carbocycles. The maximum absolute atomic E-state index is 12.7. The van der Waals surface area contributed by atoms with Gasteiger partial charge in [0.1, 0.15) is 5.65 Å². The van der Waals surface area contributed by atoms with Crippen molar-refractivity contribution in [2.75, 3.05) is 0 Å². The van der Waals surface area contributed by atoms with Gasteiger partial charge in [-0.15, -0.1) is 0 Å². The van der Waals surface area contributed by atoms with E-state index in [1.165, 1.54) is 11.1 Å². The maximum Gasteiger partial charge on any atom is 0.261 e. The highest BCUT2D eigenvalue weighted by molar-refractivity contribution is 5.84. The van der Waals surface area contributed by atoms with Crippen LogP contribution in [0.4, 0.5) is 0 Å². The third-order valence-electron chi connectivity index (χ3n) is 4.53. The number of hydrogen-bond donors (Lipinski definition) is 0. The van der Waals surface area contributed by atoms with Gasteiger partial charge < -0.3 is 0 Å². The lowest BCUT2D eigenvalue weighted by molar-refractivity contribution is 0.965. The number of rotatable bonds is 1. The van der Waals surface area contributed by atoms with Gasteiger partial charge in [0.2, 0.25) is 0 Å². The Morgan fingerprint density at radius 2 is 1.91 bits per heavy atom. The van der Waals surface area contributed by atoms with Gasteiger partial charge in [0, 0.05) is 11.8 Å². The minimum atomic E-state index is 0.0712. The van der Waals surface area contributed by atoms with Gasteiger partial charge in [0.05, 0.1) is 5.69 Å². The smallest absolute Gasteiger partial charge is 0.261 e. The molecule has 0 atom stereocenters. The molecule has 0 aliphatic heterocycles. The summed E-state index contributed by atoms with van der Waals surface area (Å²) in [6.07, 6.45) is 5.70. The highest BCUT2D eigenvalue weighted by Gasteiger charge is 2.22. The topological polar surface area (TPSA) is 34.4 Å². The first-order valence-corrected chi connectivity index (χ1v) is 7.92. The molecule has 4 rings (SSSR count). The average Bonchev–Trinajstić information content (AvgIpc) is 2.94. The molecule has 0 unspecified atom stereocenters. The van der Waals surface area contributed by atoms with Crippen molar-refractivity contribution in [1.29, 1.82) is 0 Å². The Hall–Kier alpha value is -2.68. The SMILES string of the molecule is Cc1ccc2nc3c(c(=O)n2c1)CCC3=Cc1ccccc1C. The van der Waals surface area contributed by atoms with E-state index in [9.17, 15) is 4.79 Å². The lowest BCUT2D eigenvalue weighted by Gasteiger charge is -2.06. The number of aryl methyl sites for hydroxylation is 2. The van der Waals surface area contributed by atoms with Crippen molar-refractivity contribution in [3.8, 4) is 0 Å². The van der Waals surface area contributed by atoms with Gasteiger partial charge in [0.15, 0.2) is 0 Å². The molecule has 0 fully saturated rings. The zero-order chi connectivity index (χ0) is 16.0. The summed E-state index contributed by atoms with van der Waals surface area (Å²) >= 11 is 0. The summed E-state index contributed by atoms with van der Waals surface area (Å²) in [5, 5.41) is 0. The van der Waals surface area contributed by atoms with Crippen molar-refractivity contribution in [3.05, 3.63) is 80.9 Å². The number of allylic oxidation sites excluding steroid dienone is 1. The number of aromatic nitrogens is 2. The quantitative estimate of drug-likeness (QED) is 0.685. The van der Waals surface area contributed by atoms with E-state index < -0.39 is 0 Å². The van der Waals surface area contributed by atoms with Gasteiger partial charge in [-0.05, 0) is 61.1 Å². The molecule has 23 heavy (non-hydrogen) atoms. The van der Waals surface area contributed by atoms with Crippen LogP contribution in [-0.2, 0) is 6.42 Å². The van der Waals surface area contributed by atoms with Gasteiger partial charge in [-0.1, -0.05) is 30.3 Å². The van der Waals surface area contributed by atoms with E-state index in [0.29, 0.717) is 0 Å². The maximum atomic E-state index is 12.7. The van der Waals surface area contributed by atoms with Crippen LogP contribution in [0.5, 0.6) is 0 Å². The van der Waals surface area contributed by atoms with E-state index in [2.05, 4.69) is 25.1 Å². The van der Waals surface area contributed by atoms with Gasteiger partial charge in [0.25, 0.3) is 5.56 Å². The molecule has 0 radical (unpaired) electrons. The average molecular weight is 302 g/mol. The molecule has 0 spiro atoms. The fourth-order valence-corrected chi connectivity index (χ4v) is 3.23. The second-order valence-electron chi connectivity index (χ2n) is 6.20. The fourth-order valence-electron chi connectivity index (χ4n) is 3.23. The highest BCUT2D eigenvalue weighted by Crippen LogP contribution is 2.31. The lowest BCUT2D eigenvalue weighted by Crippen LogP contribution is -2.19. The van der Waals surface area contributed by atoms with Crippen molar-refractivity contribution in [1.82, 2.24) is 9.38 Å². The van der Waals surface area contributed by atoms with E-state index >= 15 is 0 Å². The Morgan fingerprint density at radius 3 is 2.74 bits per heavy atom. The molecule has 2 heterocycles. The van der Waals surface area contributed by atoms with Gasteiger partial charge in [-0.2, -0.15) is 0 Å². The molecule has 0 bridgehead atoms. The molecule has 2 aromatic heterocycles. The molecule has 0 saturated carbocycles. The number of pyridine rings is 1. The first-order chi connectivity index (χ1) is 11.1. The van der Waals surface area contributed by atoms with Gasteiger partial charge in [-0.3, -0.25) is 9.20 Å². The molecule has 3 nitrogen and oxygen atoms in total. The Labute approximate surface area is 134 Å². The Morgan fingerprint density at radius 1 is 1.09 bits per heavy atom. The minimum absolute atomic E-state index is 0.0712. The van der Waals surface area contributed by atoms with Crippen LogP contribution in [0.3, 0.4) is 0 Å². The molecule has 1 aliphatic rings. The highest BCUT2D eigenvalue weighted by atomic mass is 16.1. The Kier molecular flexibility index (Phi) is 3.15. The van der Waals surface area contributed by atoms with Crippen LogP contribution in [0.2, 0.25) is 0 Å². The predicted octanol–water partition coefficient (Wildman–Crippen LogP) is 3.80. The summed E-state index contributed by atoms with van der Waals surface area (Å²) in [4.78, 5) is 17.5. The molecule has 3 heteroatoms. The number of fused-ring (bicyclic) bond motifs is 2. The number of hydrogen-bond acceptors (Lipinski definition) is 2. The monoisotopic (exact) mass is 302 g/mol. The van der Waals surface area contributed by atoms with Crippen molar-refractivity contribution >= 4 is 17.3 Å². The van der Waals surface area contributed by atoms with Crippen LogP contribution in [-0.4, -0.2) is 9.38 Å². The fraction of sp³-hybridized carbons (Fsp3) is 0.200. The standard InChI is InChI=1S/C20H18N2O/c1-13-7-10-18-21-19-16(11-15-6-4-3-5-14(15)2)8-9-17(19)20(23)22(18)12-13/h3-7,10-12H,8-9H2,1-2H3. The molecule has 0 N–H and O–H groups in total. The Bertz CT molecular complexity index is 1010. The van der Waals surface area contributed by atoms with E-state index in [-0.39, 0.29) is 5.56 Å². The summed E-state index contributed by atoms with van der Waals surface area (Å²) in [5.74, 6) is 0. The lowest BCUT2D eigenvalue weighted by atomic mass is 10.0. The van der Waals surface area contributed by atoms with Crippen molar-refractivity contribution in [2.24, 2.45) is 0 Å².